The largest absolute Gasteiger partial charge is 0.507 e. The number of amides is 1. The van der Waals surface area contributed by atoms with Crippen LogP contribution >= 0.6 is 11.6 Å². The first-order valence-electron chi connectivity index (χ1n) is 10.2. The summed E-state index contributed by atoms with van der Waals surface area (Å²) in [6.45, 7) is 3.84. The first-order chi connectivity index (χ1) is 15.7. The Balaban J connectivity index is 1.97. The number of aliphatic hydroxyl groups is 1. The number of methoxy groups -OCH3 is 1. The number of hydrogen-bond donors (Lipinski definition) is 2. The number of ether oxygens (including phenoxy) is 1. The summed E-state index contributed by atoms with van der Waals surface area (Å²) in [6.07, 6.45) is 0. The topological polar surface area (TPSA) is 87.1 Å². The lowest BCUT2D eigenvalue weighted by molar-refractivity contribution is -0.132. The SMILES string of the molecule is COc1cccc(N2C(=O)C(=O)/C(=C(\O)c3ccc(C)c(C)c3)C2c2ccc(O)c(Cl)c2)c1. The van der Waals surface area contributed by atoms with Crippen LogP contribution in [0.3, 0.4) is 0 Å². The van der Waals surface area contributed by atoms with E-state index in [0.29, 0.717) is 22.6 Å². The fourth-order valence-corrected chi connectivity index (χ4v) is 4.10. The second-order valence-corrected chi connectivity index (χ2v) is 8.29. The minimum Gasteiger partial charge on any atom is -0.507 e. The molecule has 1 heterocycles. The van der Waals surface area contributed by atoms with Crippen LogP contribution < -0.4 is 9.64 Å². The molecule has 3 aromatic rings. The lowest BCUT2D eigenvalue weighted by Gasteiger charge is -2.26. The van der Waals surface area contributed by atoms with Crippen LogP contribution in [0.2, 0.25) is 5.02 Å². The molecule has 7 heteroatoms. The molecule has 1 unspecified atom stereocenters. The Kier molecular flexibility index (Phi) is 5.87. The van der Waals surface area contributed by atoms with Gasteiger partial charge in [-0.25, -0.2) is 0 Å². The molecule has 168 valence electrons. The molecule has 0 saturated carbocycles. The van der Waals surface area contributed by atoms with E-state index >= 15 is 0 Å². The fourth-order valence-electron chi connectivity index (χ4n) is 3.91. The van der Waals surface area contributed by atoms with Crippen molar-refractivity contribution in [3.63, 3.8) is 0 Å². The molecule has 6 nitrogen and oxygen atoms in total. The van der Waals surface area contributed by atoms with Gasteiger partial charge in [-0.3, -0.25) is 14.5 Å². The number of carbonyl (C=O) groups is 2. The summed E-state index contributed by atoms with van der Waals surface area (Å²) in [7, 11) is 1.50. The number of nitrogens with zero attached hydrogens (tertiary/aromatic N) is 1. The third-order valence-corrected chi connectivity index (χ3v) is 6.15. The zero-order valence-corrected chi connectivity index (χ0v) is 19.1. The van der Waals surface area contributed by atoms with E-state index in [1.807, 2.05) is 19.9 Å². The van der Waals surface area contributed by atoms with Crippen LogP contribution in [0.1, 0.15) is 28.3 Å². The van der Waals surface area contributed by atoms with E-state index in [9.17, 15) is 19.8 Å². The summed E-state index contributed by atoms with van der Waals surface area (Å²) in [6, 6.07) is 15.5. The standard InChI is InChI=1S/C26H22ClNO5/c1-14-7-8-17(11-15(14)2)24(30)22-23(16-9-10-21(29)20(27)12-16)28(26(32)25(22)31)18-5-4-6-19(13-18)33-3/h4-13,23,29-30H,1-3H3/b24-22-. The van der Waals surface area contributed by atoms with Crippen LogP contribution in [0.5, 0.6) is 11.5 Å². The molecule has 33 heavy (non-hydrogen) atoms. The van der Waals surface area contributed by atoms with Crippen molar-refractivity contribution in [1.29, 1.82) is 0 Å². The number of phenols is 1. The fraction of sp³-hybridized carbons (Fsp3) is 0.154. The van der Waals surface area contributed by atoms with E-state index in [0.717, 1.165) is 11.1 Å². The van der Waals surface area contributed by atoms with Crippen LogP contribution in [0, 0.1) is 13.8 Å². The Morgan fingerprint density at radius 1 is 1.00 bits per heavy atom. The van der Waals surface area contributed by atoms with Gasteiger partial charge in [0.25, 0.3) is 11.7 Å². The van der Waals surface area contributed by atoms with Crippen molar-refractivity contribution < 1.29 is 24.5 Å². The third-order valence-electron chi connectivity index (χ3n) is 5.84. The lowest BCUT2D eigenvalue weighted by Crippen LogP contribution is -2.29. The summed E-state index contributed by atoms with van der Waals surface area (Å²) < 4.78 is 5.28. The maximum absolute atomic E-state index is 13.2. The molecule has 0 aliphatic carbocycles. The Morgan fingerprint density at radius 3 is 2.42 bits per heavy atom. The number of hydrogen-bond acceptors (Lipinski definition) is 5. The molecule has 1 saturated heterocycles. The summed E-state index contributed by atoms with van der Waals surface area (Å²) >= 11 is 6.15. The highest BCUT2D eigenvalue weighted by Gasteiger charge is 2.47. The highest BCUT2D eigenvalue weighted by molar-refractivity contribution is 6.51. The highest BCUT2D eigenvalue weighted by Crippen LogP contribution is 2.44. The number of Topliss-reactive ketones (excluding diaryl/α,β-unsaturated/α-hetero) is 1. The van der Waals surface area contributed by atoms with Gasteiger partial charge in [0.1, 0.15) is 17.3 Å². The summed E-state index contributed by atoms with van der Waals surface area (Å²) in [4.78, 5) is 27.7. The molecule has 1 aliphatic heterocycles. The van der Waals surface area contributed by atoms with Crippen molar-refractivity contribution in [3.8, 4) is 11.5 Å². The quantitative estimate of drug-likeness (QED) is 0.311. The van der Waals surface area contributed by atoms with Crippen LogP contribution in [-0.2, 0) is 9.59 Å². The molecule has 1 atom stereocenters. The third kappa shape index (κ3) is 3.94. The molecule has 0 bridgehead atoms. The smallest absolute Gasteiger partial charge is 0.300 e. The van der Waals surface area contributed by atoms with Gasteiger partial charge in [-0.15, -0.1) is 0 Å². The Hall–Kier alpha value is -3.77. The summed E-state index contributed by atoms with van der Waals surface area (Å²) in [5, 5.41) is 21.2. The van der Waals surface area contributed by atoms with Crippen LogP contribution in [0.4, 0.5) is 5.69 Å². The van der Waals surface area contributed by atoms with E-state index in [1.54, 1.807) is 42.5 Å². The molecular weight excluding hydrogens is 442 g/mol. The number of aromatic hydroxyl groups is 1. The predicted molar refractivity (Wildman–Crippen MR) is 127 cm³/mol. The normalized spacial score (nSPS) is 17.5. The van der Waals surface area contributed by atoms with Crippen molar-refractivity contribution in [3.05, 3.63) is 93.5 Å². The summed E-state index contributed by atoms with van der Waals surface area (Å²) in [5.74, 6) is -1.51. The molecular formula is C26H22ClNO5. The van der Waals surface area contributed by atoms with Gasteiger partial charge in [0.05, 0.1) is 23.7 Å². The number of aryl methyl sites for hydroxylation is 2. The maximum atomic E-state index is 13.2. The second-order valence-electron chi connectivity index (χ2n) is 7.88. The zero-order valence-electron chi connectivity index (χ0n) is 18.3. The minimum atomic E-state index is -0.961. The molecule has 0 aromatic heterocycles. The number of halogens is 1. The van der Waals surface area contributed by atoms with Crippen LogP contribution in [0.25, 0.3) is 5.76 Å². The van der Waals surface area contributed by atoms with Gasteiger partial charge in [-0.1, -0.05) is 35.9 Å². The molecule has 1 fully saturated rings. The minimum absolute atomic E-state index is 0.0622. The number of benzene rings is 3. The summed E-state index contributed by atoms with van der Waals surface area (Å²) in [5.41, 5.74) is 3.22. The van der Waals surface area contributed by atoms with Gasteiger partial charge in [0.2, 0.25) is 0 Å². The van der Waals surface area contributed by atoms with Gasteiger partial charge >= 0.3 is 0 Å². The predicted octanol–water partition coefficient (Wildman–Crippen LogP) is 5.30. The molecule has 1 amide bonds. The van der Waals surface area contributed by atoms with E-state index in [-0.39, 0.29) is 22.1 Å². The van der Waals surface area contributed by atoms with Gasteiger partial charge < -0.3 is 14.9 Å². The number of anilines is 1. The first-order valence-corrected chi connectivity index (χ1v) is 10.6. The molecule has 0 spiro atoms. The van der Waals surface area contributed by atoms with Crippen molar-refractivity contribution in [2.45, 2.75) is 19.9 Å². The number of rotatable bonds is 4. The monoisotopic (exact) mass is 463 g/mol. The van der Waals surface area contributed by atoms with Gasteiger partial charge in [0, 0.05) is 17.3 Å². The Bertz CT molecular complexity index is 1310. The van der Waals surface area contributed by atoms with Crippen molar-refractivity contribution in [2.24, 2.45) is 0 Å². The van der Waals surface area contributed by atoms with Crippen molar-refractivity contribution in [2.75, 3.05) is 12.0 Å². The number of carbonyl (C=O) groups excluding carboxylic acids is 2. The van der Waals surface area contributed by atoms with E-state index in [1.165, 1.54) is 24.1 Å². The lowest BCUT2D eigenvalue weighted by atomic mass is 9.94. The highest BCUT2D eigenvalue weighted by atomic mass is 35.5. The zero-order chi connectivity index (χ0) is 23.9. The number of aliphatic hydroxyl groups excluding tert-OH is 1. The number of ketones is 1. The van der Waals surface area contributed by atoms with Crippen molar-refractivity contribution in [1.82, 2.24) is 0 Å². The molecule has 3 aromatic carbocycles. The number of phenolic OH excluding ortho intramolecular Hbond substituents is 1. The molecule has 1 aliphatic rings. The first kappa shape index (κ1) is 22.4. The molecule has 0 radical (unpaired) electrons. The van der Waals surface area contributed by atoms with Crippen LogP contribution in [0.15, 0.2) is 66.2 Å². The average Bonchev–Trinajstić information content (AvgIpc) is 3.07. The van der Waals surface area contributed by atoms with Crippen molar-refractivity contribution >= 4 is 34.7 Å². The maximum Gasteiger partial charge on any atom is 0.300 e. The molecule has 2 N–H and O–H groups in total. The van der Waals surface area contributed by atoms with Crippen LogP contribution in [-0.4, -0.2) is 29.0 Å². The Morgan fingerprint density at radius 2 is 1.76 bits per heavy atom. The van der Waals surface area contributed by atoms with Gasteiger partial charge in [-0.2, -0.15) is 0 Å². The van der Waals surface area contributed by atoms with Gasteiger partial charge in [0.15, 0.2) is 0 Å². The van der Waals surface area contributed by atoms with E-state index < -0.39 is 17.7 Å². The van der Waals surface area contributed by atoms with E-state index in [4.69, 9.17) is 16.3 Å². The van der Waals surface area contributed by atoms with E-state index in [2.05, 4.69) is 0 Å². The second kappa shape index (κ2) is 8.64. The Labute approximate surface area is 196 Å². The van der Waals surface area contributed by atoms with Gasteiger partial charge in [-0.05, 0) is 60.9 Å². The average molecular weight is 464 g/mol. The molecule has 4 rings (SSSR count).